The van der Waals surface area contributed by atoms with E-state index in [0.29, 0.717) is 0 Å². The van der Waals surface area contributed by atoms with E-state index in [1.54, 1.807) is 18.2 Å². The van der Waals surface area contributed by atoms with E-state index in [4.69, 9.17) is 9.84 Å². The zero-order valence-electron chi connectivity index (χ0n) is 9.68. The summed E-state index contributed by atoms with van der Waals surface area (Å²) in [7, 11) is 0. The summed E-state index contributed by atoms with van der Waals surface area (Å²) in [5.74, 6) is -1.05. The van der Waals surface area contributed by atoms with E-state index in [-0.39, 0.29) is 17.1 Å². The Morgan fingerprint density at radius 1 is 1.22 bits per heavy atom. The van der Waals surface area contributed by atoms with Gasteiger partial charge in [-0.1, -0.05) is 12.1 Å². The van der Waals surface area contributed by atoms with Crippen molar-refractivity contribution in [3.8, 4) is 11.5 Å². The van der Waals surface area contributed by atoms with Crippen molar-refractivity contribution in [2.75, 3.05) is 0 Å². The molecule has 0 aliphatic rings. The summed E-state index contributed by atoms with van der Waals surface area (Å²) < 4.78 is 18.4. The Bertz CT molecular complexity index is 593. The first kappa shape index (κ1) is 12.1. The second-order valence-electron chi connectivity index (χ2n) is 3.86. The molecule has 0 aromatic heterocycles. The number of ether oxygens (including phenoxy) is 1. The molecular weight excluding hydrogens is 235 g/mol. The van der Waals surface area contributed by atoms with Crippen LogP contribution in [-0.4, -0.2) is 11.1 Å². The topological polar surface area (TPSA) is 46.5 Å². The summed E-state index contributed by atoms with van der Waals surface area (Å²) in [4.78, 5) is 11.0. The van der Waals surface area contributed by atoms with E-state index in [9.17, 15) is 9.18 Å². The molecule has 0 radical (unpaired) electrons. The molecule has 0 aliphatic heterocycles. The van der Waals surface area contributed by atoms with Crippen LogP contribution in [0.1, 0.15) is 15.9 Å². The minimum absolute atomic E-state index is 0.0462. The van der Waals surface area contributed by atoms with Gasteiger partial charge in [0.15, 0.2) is 0 Å². The molecule has 0 atom stereocenters. The first-order valence-electron chi connectivity index (χ1n) is 5.33. The Hall–Kier alpha value is -2.36. The molecule has 92 valence electrons. The van der Waals surface area contributed by atoms with Gasteiger partial charge in [-0.2, -0.15) is 0 Å². The Morgan fingerprint density at radius 2 is 2.00 bits per heavy atom. The van der Waals surface area contributed by atoms with Gasteiger partial charge in [-0.3, -0.25) is 0 Å². The van der Waals surface area contributed by atoms with Crippen LogP contribution in [0.2, 0.25) is 0 Å². The van der Waals surface area contributed by atoms with Crippen molar-refractivity contribution < 1.29 is 19.0 Å². The van der Waals surface area contributed by atoms with Gasteiger partial charge in [-0.05, 0) is 36.8 Å². The van der Waals surface area contributed by atoms with Crippen molar-refractivity contribution in [1.29, 1.82) is 0 Å². The highest BCUT2D eigenvalue weighted by Crippen LogP contribution is 2.26. The zero-order valence-corrected chi connectivity index (χ0v) is 9.68. The number of carboxylic acid groups (broad SMARTS) is 1. The molecule has 0 spiro atoms. The maximum atomic E-state index is 13.0. The lowest BCUT2D eigenvalue weighted by Crippen LogP contribution is -2.00. The van der Waals surface area contributed by atoms with Crippen molar-refractivity contribution in [3.63, 3.8) is 0 Å². The lowest BCUT2D eigenvalue weighted by molar-refractivity contribution is 0.0694. The Kier molecular flexibility index (Phi) is 3.28. The summed E-state index contributed by atoms with van der Waals surface area (Å²) in [6.07, 6.45) is 0. The monoisotopic (exact) mass is 246 g/mol. The maximum absolute atomic E-state index is 13.0. The van der Waals surface area contributed by atoms with Gasteiger partial charge in [0.25, 0.3) is 0 Å². The molecule has 0 amide bonds. The number of hydrogen-bond donors (Lipinski definition) is 1. The number of halogens is 1. The fourth-order valence-electron chi connectivity index (χ4n) is 1.55. The van der Waals surface area contributed by atoms with E-state index >= 15 is 0 Å². The molecule has 0 bridgehead atoms. The molecule has 3 nitrogen and oxygen atoms in total. The smallest absolute Gasteiger partial charge is 0.339 e. The highest BCUT2D eigenvalue weighted by Gasteiger charge is 2.12. The molecule has 2 aromatic carbocycles. The van der Waals surface area contributed by atoms with Crippen molar-refractivity contribution >= 4 is 5.97 Å². The van der Waals surface area contributed by atoms with Crippen LogP contribution >= 0.6 is 0 Å². The van der Waals surface area contributed by atoms with E-state index in [2.05, 4.69) is 0 Å². The van der Waals surface area contributed by atoms with Crippen LogP contribution in [0, 0.1) is 12.7 Å². The summed E-state index contributed by atoms with van der Waals surface area (Å²) in [6, 6.07) is 10.3. The number of benzene rings is 2. The number of carbonyl (C=O) groups is 1. The molecule has 4 heteroatoms. The number of hydrogen-bond acceptors (Lipinski definition) is 2. The lowest BCUT2D eigenvalue weighted by Gasteiger charge is -2.09. The molecule has 2 rings (SSSR count). The second-order valence-corrected chi connectivity index (χ2v) is 3.86. The Morgan fingerprint density at radius 3 is 2.67 bits per heavy atom. The van der Waals surface area contributed by atoms with Gasteiger partial charge in [-0.15, -0.1) is 0 Å². The average Bonchev–Trinajstić information content (AvgIpc) is 2.28. The largest absolute Gasteiger partial charge is 0.478 e. The van der Waals surface area contributed by atoms with Crippen molar-refractivity contribution in [3.05, 3.63) is 59.4 Å². The summed E-state index contributed by atoms with van der Waals surface area (Å²) in [5.41, 5.74) is 0.913. The molecule has 1 N–H and O–H groups in total. The standard InChI is InChI=1S/C14H11FO3/c1-9-5-6-12(14(16)17)13(7-9)18-11-4-2-3-10(15)8-11/h2-8H,1H3,(H,16,17). The number of carboxylic acids is 1. The van der Waals surface area contributed by atoms with Crippen molar-refractivity contribution in [2.24, 2.45) is 0 Å². The van der Waals surface area contributed by atoms with Gasteiger partial charge in [0.05, 0.1) is 0 Å². The van der Waals surface area contributed by atoms with Crippen LogP contribution in [0.15, 0.2) is 42.5 Å². The fraction of sp³-hybridized carbons (Fsp3) is 0.0714. The van der Waals surface area contributed by atoms with Crippen molar-refractivity contribution in [1.82, 2.24) is 0 Å². The van der Waals surface area contributed by atoms with Crippen LogP contribution in [-0.2, 0) is 0 Å². The highest BCUT2D eigenvalue weighted by molar-refractivity contribution is 5.91. The second kappa shape index (κ2) is 4.87. The van der Waals surface area contributed by atoms with Gasteiger partial charge in [0.2, 0.25) is 0 Å². The lowest BCUT2D eigenvalue weighted by atomic mass is 10.1. The van der Waals surface area contributed by atoms with E-state index in [0.717, 1.165) is 5.56 Å². The summed E-state index contributed by atoms with van der Waals surface area (Å²) >= 11 is 0. The highest BCUT2D eigenvalue weighted by atomic mass is 19.1. The van der Waals surface area contributed by atoms with Gasteiger partial charge in [0, 0.05) is 6.07 Å². The first-order chi connectivity index (χ1) is 8.56. The third kappa shape index (κ3) is 2.66. The van der Waals surface area contributed by atoms with E-state index in [1.807, 2.05) is 6.92 Å². The van der Waals surface area contributed by atoms with Crippen LogP contribution in [0.3, 0.4) is 0 Å². The molecule has 18 heavy (non-hydrogen) atoms. The molecule has 0 fully saturated rings. The Balaban J connectivity index is 2.39. The quantitative estimate of drug-likeness (QED) is 0.899. The molecule has 0 unspecified atom stereocenters. The van der Waals surface area contributed by atoms with Crippen LogP contribution in [0.4, 0.5) is 4.39 Å². The minimum Gasteiger partial charge on any atom is -0.478 e. The normalized spacial score (nSPS) is 10.1. The predicted molar refractivity (Wildman–Crippen MR) is 64.6 cm³/mol. The molecule has 0 aliphatic carbocycles. The Labute approximate surface area is 103 Å². The summed E-state index contributed by atoms with van der Waals surface area (Å²) in [6.45, 7) is 1.82. The molecular formula is C14H11FO3. The predicted octanol–water partition coefficient (Wildman–Crippen LogP) is 3.62. The van der Waals surface area contributed by atoms with E-state index < -0.39 is 11.8 Å². The maximum Gasteiger partial charge on any atom is 0.339 e. The zero-order chi connectivity index (χ0) is 13.1. The molecule has 0 saturated carbocycles. The molecule has 0 saturated heterocycles. The van der Waals surface area contributed by atoms with Gasteiger partial charge in [0.1, 0.15) is 22.9 Å². The van der Waals surface area contributed by atoms with Crippen LogP contribution in [0.25, 0.3) is 0 Å². The number of aryl methyl sites for hydroxylation is 1. The third-order valence-electron chi connectivity index (χ3n) is 2.39. The van der Waals surface area contributed by atoms with Crippen molar-refractivity contribution in [2.45, 2.75) is 6.92 Å². The summed E-state index contributed by atoms with van der Waals surface area (Å²) in [5, 5.41) is 9.04. The SMILES string of the molecule is Cc1ccc(C(=O)O)c(Oc2cccc(F)c2)c1. The molecule has 2 aromatic rings. The van der Waals surface area contributed by atoms with E-state index in [1.165, 1.54) is 24.3 Å². The average molecular weight is 246 g/mol. The van der Waals surface area contributed by atoms with Gasteiger partial charge < -0.3 is 9.84 Å². The molecule has 0 heterocycles. The minimum atomic E-state index is -1.08. The van der Waals surface area contributed by atoms with Gasteiger partial charge >= 0.3 is 5.97 Å². The van der Waals surface area contributed by atoms with Gasteiger partial charge in [-0.25, -0.2) is 9.18 Å². The third-order valence-corrected chi connectivity index (χ3v) is 2.39. The number of aromatic carboxylic acids is 1. The van der Waals surface area contributed by atoms with Crippen LogP contribution in [0.5, 0.6) is 11.5 Å². The van der Waals surface area contributed by atoms with Crippen LogP contribution < -0.4 is 4.74 Å². The number of rotatable bonds is 3. The first-order valence-corrected chi connectivity index (χ1v) is 5.33. The fourth-order valence-corrected chi connectivity index (χ4v) is 1.55.